The van der Waals surface area contributed by atoms with E-state index < -0.39 is 0 Å². The molecule has 2 aromatic rings. The fourth-order valence-corrected chi connectivity index (χ4v) is 4.82. The maximum atomic E-state index is 12.7. The molecule has 1 aromatic carbocycles. The number of H-pyrrole nitrogens is 1. The number of amides is 2. The molecule has 0 radical (unpaired) electrons. The lowest BCUT2D eigenvalue weighted by molar-refractivity contribution is -0.137. The second-order valence-electron chi connectivity index (χ2n) is 8.21. The van der Waals surface area contributed by atoms with Crippen LogP contribution in [0.15, 0.2) is 35.5 Å². The molecule has 2 fully saturated rings. The second kappa shape index (κ2) is 11.0. The van der Waals surface area contributed by atoms with Crippen molar-refractivity contribution in [2.75, 3.05) is 64.8 Å². The zero-order chi connectivity index (χ0) is 22.3. The zero-order valence-corrected chi connectivity index (χ0v) is 19.4. The van der Waals surface area contributed by atoms with Crippen LogP contribution in [0.25, 0.3) is 0 Å². The maximum Gasteiger partial charge on any atom is 0.236 e. The predicted octanol–water partition coefficient (Wildman–Crippen LogP) is 1.40. The number of aryl methyl sites for hydroxylation is 1. The number of imidazole rings is 1. The summed E-state index contributed by atoms with van der Waals surface area (Å²) < 4.78 is 5.31. The summed E-state index contributed by atoms with van der Waals surface area (Å²) in [7, 11) is 0. The van der Waals surface area contributed by atoms with Crippen LogP contribution in [-0.2, 0) is 20.7 Å². The Morgan fingerprint density at radius 2 is 1.69 bits per heavy atom. The van der Waals surface area contributed by atoms with Gasteiger partial charge < -0.3 is 19.5 Å². The second-order valence-corrected chi connectivity index (χ2v) is 9.18. The topological polar surface area (TPSA) is 81.8 Å². The third kappa shape index (κ3) is 6.11. The van der Waals surface area contributed by atoms with Crippen molar-refractivity contribution < 1.29 is 14.3 Å². The van der Waals surface area contributed by atoms with Gasteiger partial charge in [0.2, 0.25) is 11.8 Å². The summed E-state index contributed by atoms with van der Waals surface area (Å²) in [5.74, 6) is 0.640. The highest BCUT2D eigenvalue weighted by Gasteiger charge is 2.25. The van der Waals surface area contributed by atoms with E-state index in [9.17, 15) is 9.59 Å². The Bertz CT molecular complexity index is 906. The Labute approximate surface area is 193 Å². The number of nitrogens with one attached hydrogen (secondary N) is 1. The van der Waals surface area contributed by atoms with Crippen LogP contribution in [0.2, 0.25) is 0 Å². The first-order chi connectivity index (χ1) is 15.6. The molecule has 8 nitrogen and oxygen atoms in total. The number of carbonyl (C=O) groups is 2. The first-order valence-corrected chi connectivity index (χ1v) is 12.1. The molecule has 9 heteroatoms. The van der Waals surface area contributed by atoms with Gasteiger partial charge >= 0.3 is 0 Å². The highest BCUT2D eigenvalue weighted by Crippen LogP contribution is 2.20. The monoisotopic (exact) mass is 457 g/mol. The summed E-state index contributed by atoms with van der Waals surface area (Å²) in [4.78, 5) is 39.0. The molecule has 4 rings (SSSR count). The van der Waals surface area contributed by atoms with E-state index in [0.717, 1.165) is 36.1 Å². The van der Waals surface area contributed by atoms with E-state index in [4.69, 9.17) is 4.74 Å². The van der Waals surface area contributed by atoms with Gasteiger partial charge in [-0.2, -0.15) is 0 Å². The third-order valence-electron chi connectivity index (χ3n) is 5.96. The molecule has 0 aliphatic carbocycles. The van der Waals surface area contributed by atoms with Crippen molar-refractivity contribution in [3.05, 3.63) is 47.3 Å². The molecule has 3 heterocycles. The number of rotatable bonds is 7. The maximum absolute atomic E-state index is 12.7. The van der Waals surface area contributed by atoms with Gasteiger partial charge in [0.25, 0.3) is 0 Å². The number of benzene rings is 1. The highest BCUT2D eigenvalue weighted by molar-refractivity contribution is 7.99. The molecule has 0 unspecified atom stereocenters. The Morgan fingerprint density at radius 1 is 1.00 bits per heavy atom. The lowest BCUT2D eigenvalue weighted by Gasteiger charge is -2.36. The van der Waals surface area contributed by atoms with Gasteiger partial charge in [-0.25, -0.2) is 4.98 Å². The number of carbonyl (C=O) groups excluding carboxylic acids is 2. The average Bonchev–Trinajstić information content (AvgIpc) is 3.18. The van der Waals surface area contributed by atoms with E-state index in [2.05, 4.69) is 27.0 Å². The van der Waals surface area contributed by atoms with E-state index in [-0.39, 0.29) is 11.8 Å². The Hall–Kier alpha value is -2.36. The molecular formula is C23H31N5O3S. The van der Waals surface area contributed by atoms with Gasteiger partial charge in [-0.3, -0.25) is 14.5 Å². The van der Waals surface area contributed by atoms with Crippen LogP contribution in [0, 0.1) is 6.92 Å². The van der Waals surface area contributed by atoms with Crippen molar-refractivity contribution in [2.24, 2.45) is 0 Å². The first kappa shape index (κ1) is 22.8. The van der Waals surface area contributed by atoms with E-state index in [1.807, 2.05) is 34.9 Å². The van der Waals surface area contributed by atoms with Gasteiger partial charge in [0.05, 0.1) is 31.2 Å². The number of morpholine rings is 1. The molecule has 172 valence electrons. The minimum absolute atomic E-state index is 0.118. The van der Waals surface area contributed by atoms with Crippen LogP contribution in [0.1, 0.15) is 17.0 Å². The minimum Gasteiger partial charge on any atom is -0.378 e. The molecule has 32 heavy (non-hydrogen) atoms. The summed E-state index contributed by atoms with van der Waals surface area (Å²) in [5, 5.41) is 0.788. The quantitative estimate of drug-likeness (QED) is 0.633. The fraction of sp³-hybridized carbons (Fsp3) is 0.522. The van der Waals surface area contributed by atoms with Gasteiger partial charge in [-0.05, 0) is 12.5 Å². The van der Waals surface area contributed by atoms with Crippen LogP contribution >= 0.6 is 11.8 Å². The molecule has 2 aliphatic rings. The number of aromatic amines is 1. The number of aromatic nitrogens is 2. The van der Waals surface area contributed by atoms with Crippen molar-refractivity contribution in [3.8, 4) is 0 Å². The molecule has 0 spiro atoms. The summed E-state index contributed by atoms with van der Waals surface area (Å²) in [6.07, 6.45) is 0.781. The number of ether oxygens (including phenoxy) is 1. The van der Waals surface area contributed by atoms with Crippen LogP contribution < -0.4 is 0 Å². The van der Waals surface area contributed by atoms with Crippen molar-refractivity contribution in [2.45, 2.75) is 18.5 Å². The smallest absolute Gasteiger partial charge is 0.236 e. The molecule has 0 bridgehead atoms. The van der Waals surface area contributed by atoms with Gasteiger partial charge in [-0.15, -0.1) is 0 Å². The third-order valence-corrected chi connectivity index (χ3v) is 6.82. The van der Waals surface area contributed by atoms with Gasteiger partial charge in [0.1, 0.15) is 0 Å². The van der Waals surface area contributed by atoms with E-state index in [1.165, 1.54) is 17.3 Å². The van der Waals surface area contributed by atoms with Crippen LogP contribution in [0.5, 0.6) is 0 Å². The van der Waals surface area contributed by atoms with Gasteiger partial charge in [-0.1, -0.05) is 42.1 Å². The molecule has 0 atom stereocenters. The summed E-state index contributed by atoms with van der Waals surface area (Å²) in [5.41, 5.74) is 3.28. The standard InChI is InChI=1S/C23H31N5O3S/c1-18-20(15-19-5-3-2-4-6-19)25-23(24-18)32-17-22(30)27-9-7-26(8-10-27)16-21(29)28-11-13-31-14-12-28/h2-6H,7-17H2,1H3,(H,24,25). The van der Waals surface area contributed by atoms with Gasteiger partial charge in [0.15, 0.2) is 5.16 Å². The molecule has 2 saturated heterocycles. The normalized spacial score (nSPS) is 17.5. The Morgan fingerprint density at radius 3 is 2.41 bits per heavy atom. The summed E-state index contributed by atoms with van der Waals surface area (Å²) >= 11 is 1.45. The SMILES string of the molecule is Cc1[nH]c(SCC(=O)N2CCN(CC(=O)N3CCOCC3)CC2)nc1Cc1ccccc1. The summed E-state index contributed by atoms with van der Waals surface area (Å²) in [6.45, 7) is 7.81. The molecule has 2 aliphatic heterocycles. The molecule has 1 aromatic heterocycles. The minimum atomic E-state index is 0.118. The van der Waals surface area contributed by atoms with E-state index >= 15 is 0 Å². The zero-order valence-electron chi connectivity index (χ0n) is 18.6. The van der Waals surface area contributed by atoms with Crippen molar-refractivity contribution in [1.29, 1.82) is 0 Å². The number of hydrogen-bond acceptors (Lipinski definition) is 6. The van der Waals surface area contributed by atoms with Crippen molar-refractivity contribution in [1.82, 2.24) is 24.7 Å². The van der Waals surface area contributed by atoms with E-state index in [1.54, 1.807) is 0 Å². The molecule has 1 N–H and O–H groups in total. The highest BCUT2D eigenvalue weighted by atomic mass is 32.2. The van der Waals surface area contributed by atoms with Crippen molar-refractivity contribution in [3.63, 3.8) is 0 Å². The average molecular weight is 458 g/mol. The lowest BCUT2D eigenvalue weighted by Crippen LogP contribution is -2.53. The molecular weight excluding hydrogens is 426 g/mol. The van der Waals surface area contributed by atoms with Crippen LogP contribution in [0.4, 0.5) is 0 Å². The number of piperazine rings is 1. The number of hydrogen-bond donors (Lipinski definition) is 1. The van der Waals surface area contributed by atoms with Gasteiger partial charge in [0, 0.05) is 51.4 Å². The van der Waals surface area contributed by atoms with Crippen LogP contribution in [-0.4, -0.2) is 101 Å². The number of nitrogens with zero attached hydrogens (tertiary/aromatic N) is 4. The van der Waals surface area contributed by atoms with E-state index in [0.29, 0.717) is 51.7 Å². The van der Waals surface area contributed by atoms with Crippen LogP contribution in [0.3, 0.4) is 0 Å². The lowest BCUT2D eigenvalue weighted by atomic mass is 10.1. The Kier molecular flexibility index (Phi) is 7.83. The molecule has 0 saturated carbocycles. The predicted molar refractivity (Wildman–Crippen MR) is 124 cm³/mol. The largest absolute Gasteiger partial charge is 0.378 e. The Balaban J connectivity index is 1.20. The fourth-order valence-electron chi connectivity index (χ4n) is 3.98. The first-order valence-electron chi connectivity index (χ1n) is 11.2. The number of thioether (sulfide) groups is 1. The summed E-state index contributed by atoms with van der Waals surface area (Å²) in [6, 6.07) is 10.3. The molecule has 2 amide bonds. The van der Waals surface area contributed by atoms with Crippen molar-refractivity contribution >= 4 is 23.6 Å².